The highest BCUT2D eigenvalue weighted by molar-refractivity contribution is 5.76. The quantitative estimate of drug-likeness (QED) is 0.258. The van der Waals surface area contributed by atoms with Crippen LogP contribution in [0.5, 0.6) is 0 Å². The number of allylic oxidation sites excluding steroid dienone is 1. The third-order valence-electron chi connectivity index (χ3n) is 8.82. The maximum absolute atomic E-state index is 12.4. The SMILES string of the molecule is CC1=C[C@H](O)[C@H](O)[C@]2(C)[C@H]3[C@@]4(O)OC[C@]35[C@@H]([C@@H](C)[C@H]4O)[C@H](O)C(=O)O[C@H]5C[C@@H]12. The van der Waals surface area contributed by atoms with Gasteiger partial charge in [-0.05, 0) is 25.2 Å². The summed E-state index contributed by atoms with van der Waals surface area (Å²) in [6.45, 7) is 5.34. The number of esters is 1. The van der Waals surface area contributed by atoms with Gasteiger partial charge in [0.15, 0.2) is 11.9 Å². The monoisotopic (exact) mass is 396 g/mol. The molecule has 3 aliphatic carbocycles. The zero-order chi connectivity index (χ0) is 20.4. The molecule has 156 valence electrons. The Labute approximate surface area is 162 Å². The Morgan fingerprint density at radius 2 is 1.86 bits per heavy atom. The van der Waals surface area contributed by atoms with Gasteiger partial charge in [-0.2, -0.15) is 0 Å². The van der Waals surface area contributed by atoms with Crippen LogP contribution in [0, 0.1) is 34.5 Å². The number of carbonyl (C=O) groups excluding carboxylic acids is 1. The Kier molecular flexibility index (Phi) is 3.63. The van der Waals surface area contributed by atoms with Crippen LogP contribution in [-0.2, 0) is 14.3 Å². The van der Waals surface area contributed by atoms with Crippen molar-refractivity contribution in [1.29, 1.82) is 0 Å². The summed E-state index contributed by atoms with van der Waals surface area (Å²) in [7, 11) is 0. The predicted octanol–water partition coefficient (Wildman–Crippen LogP) is -1.07. The Balaban J connectivity index is 1.78. The zero-order valence-electron chi connectivity index (χ0n) is 16.1. The third-order valence-corrected chi connectivity index (χ3v) is 8.82. The van der Waals surface area contributed by atoms with Crippen LogP contribution in [0.25, 0.3) is 0 Å². The fraction of sp³-hybridized carbons (Fsp3) is 0.850. The molecule has 2 aliphatic heterocycles. The van der Waals surface area contributed by atoms with Gasteiger partial charge in [-0.3, -0.25) is 0 Å². The first-order valence-corrected chi connectivity index (χ1v) is 9.98. The van der Waals surface area contributed by atoms with Crippen molar-refractivity contribution < 1.29 is 39.8 Å². The van der Waals surface area contributed by atoms with Gasteiger partial charge < -0.3 is 35.0 Å². The number of rotatable bonds is 0. The van der Waals surface area contributed by atoms with Crippen LogP contribution < -0.4 is 0 Å². The van der Waals surface area contributed by atoms with Gasteiger partial charge in [0.25, 0.3) is 0 Å². The van der Waals surface area contributed by atoms with Gasteiger partial charge in [0.2, 0.25) is 0 Å². The highest BCUT2D eigenvalue weighted by Crippen LogP contribution is 2.73. The Morgan fingerprint density at radius 1 is 1.18 bits per heavy atom. The molecule has 0 aromatic heterocycles. The van der Waals surface area contributed by atoms with E-state index >= 15 is 0 Å². The second-order valence-corrected chi connectivity index (χ2v) is 9.79. The first-order chi connectivity index (χ1) is 13.0. The summed E-state index contributed by atoms with van der Waals surface area (Å²) in [5.41, 5.74) is -1.15. The van der Waals surface area contributed by atoms with Gasteiger partial charge in [-0.15, -0.1) is 0 Å². The van der Waals surface area contributed by atoms with Crippen LogP contribution in [0.15, 0.2) is 11.6 Å². The van der Waals surface area contributed by atoms with E-state index in [0.29, 0.717) is 6.42 Å². The average molecular weight is 396 g/mol. The van der Waals surface area contributed by atoms with E-state index in [2.05, 4.69) is 0 Å². The number of aliphatic hydroxyl groups excluding tert-OH is 4. The molecule has 12 atom stereocenters. The van der Waals surface area contributed by atoms with Crippen molar-refractivity contribution in [2.75, 3.05) is 6.61 Å². The molecule has 5 rings (SSSR count). The topological polar surface area (TPSA) is 137 Å². The fourth-order valence-corrected chi connectivity index (χ4v) is 7.80. The summed E-state index contributed by atoms with van der Waals surface area (Å²) >= 11 is 0. The van der Waals surface area contributed by atoms with Crippen LogP contribution >= 0.6 is 0 Å². The smallest absolute Gasteiger partial charge is 0.335 e. The lowest BCUT2D eigenvalue weighted by Crippen LogP contribution is -2.77. The molecule has 0 amide bonds. The molecule has 0 radical (unpaired) electrons. The van der Waals surface area contributed by atoms with Crippen molar-refractivity contribution in [2.24, 2.45) is 34.5 Å². The molecule has 0 aromatic rings. The molecule has 5 N–H and O–H groups in total. The van der Waals surface area contributed by atoms with Crippen LogP contribution in [0.2, 0.25) is 0 Å². The number of aliphatic hydroxyl groups is 5. The van der Waals surface area contributed by atoms with Gasteiger partial charge in [-0.25, -0.2) is 4.79 Å². The Bertz CT molecular complexity index is 767. The third kappa shape index (κ3) is 1.77. The molecule has 2 heterocycles. The minimum absolute atomic E-state index is 0.00310. The van der Waals surface area contributed by atoms with E-state index in [-0.39, 0.29) is 12.5 Å². The van der Waals surface area contributed by atoms with Crippen molar-refractivity contribution in [3.8, 4) is 0 Å². The second-order valence-electron chi connectivity index (χ2n) is 9.79. The molecule has 28 heavy (non-hydrogen) atoms. The fourth-order valence-electron chi connectivity index (χ4n) is 7.80. The summed E-state index contributed by atoms with van der Waals surface area (Å²) in [5.74, 6) is -5.11. The van der Waals surface area contributed by atoms with Crippen molar-refractivity contribution in [1.82, 2.24) is 0 Å². The van der Waals surface area contributed by atoms with E-state index in [1.54, 1.807) is 19.9 Å². The summed E-state index contributed by atoms with van der Waals surface area (Å²) in [6.07, 6.45) is -3.75. The van der Waals surface area contributed by atoms with E-state index in [0.717, 1.165) is 5.57 Å². The predicted molar refractivity (Wildman–Crippen MR) is 93.4 cm³/mol. The highest BCUT2D eigenvalue weighted by atomic mass is 16.7. The standard InChI is InChI=1S/C20H28O8/c1-7-4-10(21)15(24)18(3)9(7)5-11-19-6-27-20(26,17(18)19)14(23)8(2)12(19)13(22)16(25)28-11/h4,8-15,17,21-24,26H,5-6H2,1-3H3/t8-,9+,10+,11+,12+,13+,14-,15+,17-,18-,19+,20+/m1/s1. The van der Waals surface area contributed by atoms with Crippen LogP contribution in [0.4, 0.5) is 0 Å². The Hall–Kier alpha value is -1.03. The molecule has 2 bridgehead atoms. The number of ether oxygens (including phenoxy) is 2. The largest absolute Gasteiger partial charge is 0.460 e. The minimum atomic E-state index is -1.97. The number of fused-ring (bicyclic) bond motifs is 1. The lowest BCUT2D eigenvalue weighted by molar-refractivity contribution is -0.344. The molecule has 8 heteroatoms. The maximum Gasteiger partial charge on any atom is 0.335 e. The molecule has 4 fully saturated rings. The second kappa shape index (κ2) is 5.36. The first kappa shape index (κ1) is 19.0. The number of hydrogen-bond acceptors (Lipinski definition) is 8. The molecule has 0 aromatic carbocycles. The molecular weight excluding hydrogens is 368 g/mol. The van der Waals surface area contributed by atoms with Crippen molar-refractivity contribution in [2.45, 2.75) is 63.5 Å². The van der Waals surface area contributed by atoms with E-state index in [1.165, 1.54) is 0 Å². The normalized spacial score (nSPS) is 62.5. The number of hydrogen-bond donors (Lipinski definition) is 5. The number of carbonyl (C=O) groups is 1. The molecule has 0 unspecified atom stereocenters. The van der Waals surface area contributed by atoms with Crippen LogP contribution in [-0.4, -0.2) is 74.4 Å². The molecule has 2 saturated heterocycles. The van der Waals surface area contributed by atoms with Crippen molar-refractivity contribution in [3.05, 3.63) is 11.6 Å². The summed E-state index contributed by atoms with van der Waals surface area (Å²) in [4.78, 5) is 12.4. The summed E-state index contributed by atoms with van der Waals surface area (Å²) < 4.78 is 11.5. The molecular formula is C20H28O8. The van der Waals surface area contributed by atoms with Crippen LogP contribution in [0.3, 0.4) is 0 Å². The summed E-state index contributed by atoms with van der Waals surface area (Å²) in [5, 5.41) is 54.8. The molecule has 2 saturated carbocycles. The van der Waals surface area contributed by atoms with Crippen LogP contribution in [0.1, 0.15) is 27.2 Å². The van der Waals surface area contributed by atoms with Gasteiger partial charge in [0.05, 0.1) is 18.8 Å². The van der Waals surface area contributed by atoms with Crippen molar-refractivity contribution in [3.63, 3.8) is 0 Å². The molecule has 8 nitrogen and oxygen atoms in total. The van der Waals surface area contributed by atoms with Gasteiger partial charge in [-0.1, -0.05) is 25.5 Å². The highest BCUT2D eigenvalue weighted by Gasteiger charge is 2.83. The lowest BCUT2D eigenvalue weighted by atomic mass is 9.38. The van der Waals surface area contributed by atoms with Gasteiger partial charge >= 0.3 is 5.97 Å². The maximum atomic E-state index is 12.4. The average Bonchev–Trinajstić information content (AvgIpc) is 2.92. The Morgan fingerprint density at radius 3 is 2.54 bits per heavy atom. The van der Waals surface area contributed by atoms with E-state index in [4.69, 9.17) is 9.47 Å². The first-order valence-electron chi connectivity index (χ1n) is 9.98. The molecule has 1 spiro atoms. The van der Waals surface area contributed by atoms with E-state index in [1.807, 2.05) is 6.92 Å². The van der Waals surface area contributed by atoms with Gasteiger partial charge in [0.1, 0.15) is 12.2 Å². The van der Waals surface area contributed by atoms with E-state index < -0.39 is 70.9 Å². The van der Waals surface area contributed by atoms with E-state index in [9.17, 15) is 30.3 Å². The lowest BCUT2D eigenvalue weighted by Gasteiger charge is -2.68. The summed E-state index contributed by atoms with van der Waals surface area (Å²) in [6, 6.07) is 0. The zero-order valence-corrected chi connectivity index (χ0v) is 16.1. The molecule has 5 aliphatic rings. The van der Waals surface area contributed by atoms with Gasteiger partial charge in [0, 0.05) is 22.7 Å². The minimum Gasteiger partial charge on any atom is -0.460 e. The van der Waals surface area contributed by atoms with Crippen molar-refractivity contribution >= 4 is 5.97 Å².